The lowest BCUT2D eigenvalue weighted by Crippen LogP contribution is -2.30. The van der Waals surface area contributed by atoms with Crippen molar-refractivity contribution in [1.82, 2.24) is 10.2 Å². The fraction of sp³-hybridized carbons (Fsp3) is 0.182. The zero-order valence-corrected chi connectivity index (χ0v) is 11.0. The van der Waals surface area contributed by atoms with E-state index in [9.17, 15) is 4.79 Å². The Morgan fingerprint density at radius 3 is 2.94 bits per heavy atom. The van der Waals surface area contributed by atoms with E-state index in [0.29, 0.717) is 15.9 Å². The largest absolute Gasteiger partial charge is 0.479 e. The lowest BCUT2D eigenvalue weighted by atomic mass is 10.3. The number of anilines is 1. The average Bonchev–Trinajstić information content (AvgIpc) is 2.84. The lowest BCUT2D eigenvalue weighted by molar-refractivity contribution is -0.122. The molecule has 2 rings (SSSR count). The quantitative estimate of drug-likeness (QED) is 0.937. The van der Waals surface area contributed by atoms with Crippen LogP contribution in [0.15, 0.2) is 29.8 Å². The molecule has 1 N–H and O–H groups in total. The summed E-state index contributed by atoms with van der Waals surface area (Å²) in [6.07, 6.45) is -0.672. The van der Waals surface area contributed by atoms with E-state index in [-0.39, 0.29) is 5.91 Å². The van der Waals surface area contributed by atoms with Gasteiger partial charge in [-0.15, -0.1) is 10.2 Å². The molecule has 0 bridgehead atoms. The summed E-state index contributed by atoms with van der Waals surface area (Å²) in [4.78, 5) is 11.8. The topological polar surface area (TPSA) is 64.1 Å². The second-order valence-electron chi connectivity index (χ2n) is 3.42. The first-order valence-electron chi connectivity index (χ1n) is 5.15. The standard InChI is InChI=1S/C11H10ClN3O2S/c1-7(10(16)14-11-15-13-6-18-11)17-9-5-3-2-4-8(9)12/h2-7H,1H3,(H,14,15,16). The highest BCUT2D eigenvalue weighted by atomic mass is 35.5. The zero-order chi connectivity index (χ0) is 13.0. The van der Waals surface area contributed by atoms with Crippen LogP contribution in [0.4, 0.5) is 5.13 Å². The Labute approximate surface area is 113 Å². The third kappa shape index (κ3) is 3.18. The predicted molar refractivity (Wildman–Crippen MR) is 70.1 cm³/mol. The first-order chi connectivity index (χ1) is 8.66. The second-order valence-corrected chi connectivity index (χ2v) is 4.66. The van der Waals surface area contributed by atoms with Crippen molar-refractivity contribution < 1.29 is 9.53 Å². The number of hydrogen-bond donors (Lipinski definition) is 1. The minimum atomic E-state index is -0.672. The van der Waals surface area contributed by atoms with Crippen molar-refractivity contribution in [3.8, 4) is 5.75 Å². The molecule has 0 saturated heterocycles. The van der Waals surface area contributed by atoms with Gasteiger partial charge in [0.15, 0.2) is 6.10 Å². The normalized spacial score (nSPS) is 11.9. The maximum Gasteiger partial charge on any atom is 0.266 e. The first-order valence-corrected chi connectivity index (χ1v) is 6.41. The maximum atomic E-state index is 11.8. The molecule has 0 saturated carbocycles. The molecule has 0 fully saturated rings. The number of ether oxygens (including phenoxy) is 1. The number of nitrogens with zero attached hydrogens (tertiary/aromatic N) is 2. The van der Waals surface area contributed by atoms with Gasteiger partial charge in [-0.3, -0.25) is 10.1 Å². The number of rotatable bonds is 4. The molecule has 1 atom stereocenters. The van der Waals surface area contributed by atoms with Crippen molar-refractivity contribution in [3.05, 3.63) is 34.8 Å². The van der Waals surface area contributed by atoms with Crippen LogP contribution >= 0.6 is 22.9 Å². The molecule has 0 aliphatic rings. The fourth-order valence-electron chi connectivity index (χ4n) is 1.22. The van der Waals surface area contributed by atoms with Crippen molar-refractivity contribution >= 4 is 34.0 Å². The number of nitrogens with one attached hydrogen (secondary N) is 1. The molecule has 1 unspecified atom stereocenters. The van der Waals surface area contributed by atoms with Crippen molar-refractivity contribution in [2.75, 3.05) is 5.32 Å². The minimum absolute atomic E-state index is 0.299. The predicted octanol–water partition coefficient (Wildman–Crippen LogP) is 2.60. The summed E-state index contributed by atoms with van der Waals surface area (Å²) in [5, 5.41) is 10.8. The van der Waals surface area contributed by atoms with Gasteiger partial charge in [-0.05, 0) is 19.1 Å². The van der Waals surface area contributed by atoms with Crippen molar-refractivity contribution in [2.45, 2.75) is 13.0 Å². The Hall–Kier alpha value is -1.66. The second kappa shape index (κ2) is 5.79. The van der Waals surface area contributed by atoms with E-state index >= 15 is 0 Å². The summed E-state index contributed by atoms with van der Waals surface area (Å²) < 4.78 is 5.47. The summed E-state index contributed by atoms with van der Waals surface area (Å²) in [5.41, 5.74) is 1.54. The molecule has 1 amide bonds. The van der Waals surface area contributed by atoms with Crippen LogP contribution < -0.4 is 10.1 Å². The molecule has 0 radical (unpaired) electrons. The third-order valence-corrected chi connectivity index (χ3v) is 3.02. The molecule has 1 aromatic heterocycles. The van der Waals surface area contributed by atoms with Gasteiger partial charge < -0.3 is 4.74 Å². The summed E-state index contributed by atoms with van der Waals surface area (Å²) in [7, 11) is 0. The SMILES string of the molecule is CC(Oc1ccccc1Cl)C(=O)Nc1nncs1. The van der Waals surface area contributed by atoms with Crippen LogP contribution in [0.3, 0.4) is 0 Å². The Morgan fingerprint density at radius 2 is 2.28 bits per heavy atom. The number of benzene rings is 1. The van der Waals surface area contributed by atoms with Gasteiger partial charge in [0.05, 0.1) is 5.02 Å². The van der Waals surface area contributed by atoms with Crippen molar-refractivity contribution in [2.24, 2.45) is 0 Å². The number of hydrogen-bond acceptors (Lipinski definition) is 5. The van der Waals surface area contributed by atoms with Crippen LogP contribution in [-0.4, -0.2) is 22.2 Å². The van der Waals surface area contributed by atoms with Crippen molar-refractivity contribution in [1.29, 1.82) is 0 Å². The number of aromatic nitrogens is 2. The molecule has 1 heterocycles. The molecule has 5 nitrogen and oxygen atoms in total. The molecule has 94 valence electrons. The van der Waals surface area contributed by atoms with Gasteiger partial charge in [-0.1, -0.05) is 35.1 Å². The Morgan fingerprint density at radius 1 is 1.50 bits per heavy atom. The van der Waals surface area contributed by atoms with Gasteiger partial charge in [0, 0.05) is 0 Å². The van der Waals surface area contributed by atoms with Crippen LogP contribution in [0.25, 0.3) is 0 Å². The van der Waals surface area contributed by atoms with Crippen LogP contribution in [0.2, 0.25) is 5.02 Å². The summed E-state index contributed by atoms with van der Waals surface area (Å²) in [6, 6.07) is 6.99. The number of halogens is 1. The van der Waals surface area contributed by atoms with E-state index in [1.54, 1.807) is 31.2 Å². The summed E-state index contributed by atoms with van der Waals surface area (Å²) >= 11 is 7.18. The highest BCUT2D eigenvalue weighted by molar-refractivity contribution is 7.13. The third-order valence-electron chi connectivity index (χ3n) is 2.10. The highest BCUT2D eigenvalue weighted by Crippen LogP contribution is 2.24. The lowest BCUT2D eigenvalue weighted by Gasteiger charge is -2.14. The van der Waals surface area contributed by atoms with Crippen molar-refractivity contribution in [3.63, 3.8) is 0 Å². The Balaban J connectivity index is 1.97. The van der Waals surface area contributed by atoms with Crippen LogP contribution in [0.5, 0.6) is 5.75 Å². The van der Waals surface area contributed by atoms with Gasteiger partial charge >= 0.3 is 0 Å². The smallest absolute Gasteiger partial charge is 0.266 e. The van der Waals surface area contributed by atoms with E-state index in [0.717, 1.165) is 0 Å². The van der Waals surface area contributed by atoms with Crippen LogP contribution in [0, 0.1) is 0 Å². The number of amides is 1. The van der Waals surface area contributed by atoms with E-state index in [4.69, 9.17) is 16.3 Å². The minimum Gasteiger partial charge on any atom is -0.479 e. The molecule has 18 heavy (non-hydrogen) atoms. The number of para-hydroxylation sites is 1. The molecule has 7 heteroatoms. The first kappa shape index (κ1) is 12.8. The molecule has 2 aromatic rings. The molecule has 0 aliphatic carbocycles. The molecular formula is C11H10ClN3O2S. The number of carbonyl (C=O) groups excluding carboxylic acids is 1. The van der Waals surface area contributed by atoms with E-state index in [1.807, 2.05) is 0 Å². The molecule has 0 aliphatic heterocycles. The fourth-order valence-corrected chi connectivity index (χ4v) is 1.85. The van der Waals surface area contributed by atoms with Gasteiger partial charge in [-0.25, -0.2) is 0 Å². The van der Waals surface area contributed by atoms with E-state index in [1.165, 1.54) is 16.8 Å². The van der Waals surface area contributed by atoms with Crippen LogP contribution in [0.1, 0.15) is 6.92 Å². The van der Waals surface area contributed by atoms with E-state index in [2.05, 4.69) is 15.5 Å². The average molecular weight is 284 g/mol. The Bertz CT molecular complexity index is 533. The van der Waals surface area contributed by atoms with Crippen LogP contribution in [-0.2, 0) is 4.79 Å². The molecule has 0 spiro atoms. The van der Waals surface area contributed by atoms with Gasteiger partial charge in [0.25, 0.3) is 5.91 Å². The monoisotopic (exact) mass is 283 g/mol. The highest BCUT2D eigenvalue weighted by Gasteiger charge is 2.17. The number of carbonyl (C=O) groups is 1. The van der Waals surface area contributed by atoms with Gasteiger partial charge in [0.2, 0.25) is 5.13 Å². The molecular weight excluding hydrogens is 274 g/mol. The zero-order valence-electron chi connectivity index (χ0n) is 9.46. The van der Waals surface area contributed by atoms with Gasteiger partial charge in [0.1, 0.15) is 11.3 Å². The molecule has 1 aromatic carbocycles. The van der Waals surface area contributed by atoms with Gasteiger partial charge in [-0.2, -0.15) is 0 Å². The Kier molecular flexibility index (Phi) is 4.11. The summed E-state index contributed by atoms with van der Waals surface area (Å²) in [5.74, 6) is 0.172. The summed E-state index contributed by atoms with van der Waals surface area (Å²) in [6.45, 7) is 1.64. The maximum absolute atomic E-state index is 11.8. The van der Waals surface area contributed by atoms with E-state index < -0.39 is 6.10 Å².